The minimum atomic E-state index is -0.777. The number of nitrogens with one attached hydrogen (secondary N) is 1. The van der Waals surface area contributed by atoms with Gasteiger partial charge < -0.3 is 14.5 Å². The maximum atomic E-state index is 12.2. The average molecular weight is 318 g/mol. The third-order valence-corrected chi connectivity index (χ3v) is 3.01. The molecule has 0 saturated carbocycles. The summed E-state index contributed by atoms with van der Waals surface area (Å²) in [5, 5.41) is 0.365. The highest BCUT2D eigenvalue weighted by Gasteiger charge is 2.07. The largest absolute Gasteiger partial charge is 0.466 e. The molecule has 0 aliphatic heterocycles. The molecule has 1 heterocycles. The molecule has 0 fully saturated rings. The summed E-state index contributed by atoms with van der Waals surface area (Å²) >= 11 is 0. The first-order valence-electron chi connectivity index (χ1n) is 6.67. The zero-order chi connectivity index (χ0) is 16.8. The predicted octanol–water partition coefficient (Wildman–Crippen LogP) is -0.0378. The number of aromatic amines is 1. The van der Waals surface area contributed by atoms with E-state index in [0.29, 0.717) is 10.9 Å². The van der Waals surface area contributed by atoms with Gasteiger partial charge in [0.2, 0.25) is 0 Å². The van der Waals surface area contributed by atoms with Gasteiger partial charge in [0.25, 0.3) is 5.56 Å². The first-order valence-corrected chi connectivity index (χ1v) is 6.67. The number of carbonyl (C=O) groups is 2. The number of carbonyl (C=O) groups excluding carboxylic acids is 2. The third kappa shape index (κ3) is 3.94. The molecule has 0 radical (unpaired) electrons. The highest BCUT2D eigenvalue weighted by molar-refractivity contribution is 5.91. The van der Waals surface area contributed by atoms with Gasteiger partial charge in [-0.25, -0.2) is 14.4 Å². The molecule has 0 saturated heterocycles. The standard InChI is InChI=1S/C15H14N2O6/c1-22-12(18)6-7-13(19)23-9-8-17-14(20)10-4-2-3-5-11(10)16-15(17)21/h2-7H,8-9H2,1H3,(H,16,21)/b7-6+. The summed E-state index contributed by atoms with van der Waals surface area (Å²) in [4.78, 5) is 48.8. The smallest absolute Gasteiger partial charge is 0.331 e. The highest BCUT2D eigenvalue weighted by Crippen LogP contribution is 2.02. The van der Waals surface area contributed by atoms with Gasteiger partial charge in [-0.2, -0.15) is 0 Å². The lowest BCUT2D eigenvalue weighted by Crippen LogP contribution is -2.36. The molecule has 1 aromatic carbocycles. The molecule has 0 aliphatic rings. The monoisotopic (exact) mass is 318 g/mol. The fourth-order valence-electron chi connectivity index (χ4n) is 1.89. The Labute approximate surface area is 130 Å². The van der Waals surface area contributed by atoms with Crippen LogP contribution in [0.25, 0.3) is 10.9 Å². The summed E-state index contributed by atoms with van der Waals surface area (Å²) in [6, 6.07) is 6.61. The average Bonchev–Trinajstić information content (AvgIpc) is 2.55. The van der Waals surface area contributed by atoms with E-state index >= 15 is 0 Å². The molecule has 1 aromatic heterocycles. The van der Waals surface area contributed by atoms with Crippen molar-refractivity contribution < 1.29 is 19.1 Å². The van der Waals surface area contributed by atoms with Crippen molar-refractivity contribution >= 4 is 22.8 Å². The van der Waals surface area contributed by atoms with Gasteiger partial charge in [-0.05, 0) is 12.1 Å². The molecule has 120 valence electrons. The molecular weight excluding hydrogens is 304 g/mol. The maximum Gasteiger partial charge on any atom is 0.331 e. The van der Waals surface area contributed by atoms with Crippen molar-refractivity contribution in [2.24, 2.45) is 0 Å². The van der Waals surface area contributed by atoms with E-state index in [0.717, 1.165) is 16.7 Å². The van der Waals surface area contributed by atoms with Gasteiger partial charge in [-0.15, -0.1) is 0 Å². The Bertz CT molecular complexity index is 877. The van der Waals surface area contributed by atoms with Gasteiger partial charge in [0.05, 0.1) is 24.6 Å². The number of aromatic nitrogens is 2. The van der Waals surface area contributed by atoms with Crippen LogP contribution in [0.3, 0.4) is 0 Å². The van der Waals surface area contributed by atoms with E-state index in [1.54, 1.807) is 24.3 Å². The molecule has 2 aromatic rings. The van der Waals surface area contributed by atoms with E-state index in [2.05, 4.69) is 9.72 Å². The highest BCUT2D eigenvalue weighted by atomic mass is 16.5. The first kappa shape index (κ1) is 16.2. The lowest BCUT2D eigenvalue weighted by molar-refractivity contribution is -0.139. The molecule has 2 rings (SSSR count). The van der Waals surface area contributed by atoms with E-state index < -0.39 is 23.2 Å². The van der Waals surface area contributed by atoms with E-state index in [4.69, 9.17) is 4.74 Å². The van der Waals surface area contributed by atoms with E-state index in [-0.39, 0.29) is 13.2 Å². The van der Waals surface area contributed by atoms with Crippen LogP contribution < -0.4 is 11.2 Å². The van der Waals surface area contributed by atoms with E-state index in [9.17, 15) is 19.2 Å². The number of ether oxygens (including phenoxy) is 2. The molecular formula is C15H14N2O6. The van der Waals surface area contributed by atoms with Crippen molar-refractivity contribution in [1.29, 1.82) is 0 Å². The molecule has 1 N–H and O–H groups in total. The van der Waals surface area contributed by atoms with Gasteiger partial charge >= 0.3 is 17.6 Å². The molecule has 8 nitrogen and oxygen atoms in total. The Morgan fingerprint density at radius 1 is 1.17 bits per heavy atom. The van der Waals surface area contributed by atoms with E-state index in [1.807, 2.05) is 0 Å². The van der Waals surface area contributed by atoms with Gasteiger partial charge in [-0.1, -0.05) is 12.1 Å². The third-order valence-electron chi connectivity index (χ3n) is 3.01. The van der Waals surface area contributed by atoms with Crippen LogP contribution in [0, 0.1) is 0 Å². The Morgan fingerprint density at radius 2 is 1.87 bits per heavy atom. The predicted molar refractivity (Wildman–Crippen MR) is 80.9 cm³/mol. The van der Waals surface area contributed by atoms with Crippen LogP contribution in [-0.4, -0.2) is 35.2 Å². The minimum absolute atomic E-state index is 0.100. The Balaban J connectivity index is 2.07. The molecule has 0 amide bonds. The number of methoxy groups -OCH3 is 1. The fourth-order valence-corrected chi connectivity index (χ4v) is 1.89. The fraction of sp³-hybridized carbons (Fsp3) is 0.200. The van der Waals surface area contributed by atoms with Crippen LogP contribution in [0.2, 0.25) is 0 Å². The van der Waals surface area contributed by atoms with Crippen LogP contribution in [0.4, 0.5) is 0 Å². The van der Waals surface area contributed by atoms with Crippen LogP contribution in [0.1, 0.15) is 0 Å². The van der Waals surface area contributed by atoms with Crippen molar-refractivity contribution in [3.8, 4) is 0 Å². The molecule has 0 bridgehead atoms. The lowest BCUT2D eigenvalue weighted by atomic mass is 10.2. The molecule has 0 unspecified atom stereocenters. The zero-order valence-corrected chi connectivity index (χ0v) is 12.3. The van der Waals surface area contributed by atoms with Crippen LogP contribution >= 0.6 is 0 Å². The molecule has 0 spiro atoms. The molecule has 23 heavy (non-hydrogen) atoms. The second-order valence-corrected chi connectivity index (χ2v) is 4.46. The number of nitrogens with zero attached hydrogens (tertiary/aromatic N) is 1. The van der Waals surface area contributed by atoms with Crippen molar-refractivity contribution in [2.75, 3.05) is 13.7 Å². The number of hydrogen-bond donors (Lipinski definition) is 1. The quantitative estimate of drug-likeness (QED) is 0.612. The van der Waals surface area contributed by atoms with Crippen LogP contribution in [-0.2, 0) is 25.6 Å². The topological polar surface area (TPSA) is 107 Å². The Morgan fingerprint density at radius 3 is 2.61 bits per heavy atom. The number of H-pyrrole nitrogens is 1. The molecule has 8 heteroatoms. The number of hydrogen-bond acceptors (Lipinski definition) is 6. The molecule has 0 aliphatic carbocycles. The summed E-state index contributed by atoms with van der Waals surface area (Å²) < 4.78 is 10.1. The Hall–Kier alpha value is -3.16. The number of para-hydroxylation sites is 1. The van der Waals surface area contributed by atoms with Crippen molar-refractivity contribution in [3.63, 3.8) is 0 Å². The van der Waals surface area contributed by atoms with Gasteiger partial charge in [0.15, 0.2) is 0 Å². The van der Waals surface area contributed by atoms with Crippen LogP contribution in [0.15, 0.2) is 46.0 Å². The van der Waals surface area contributed by atoms with Crippen molar-refractivity contribution in [3.05, 3.63) is 57.3 Å². The van der Waals surface area contributed by atoms with Gasteiger partial charge in [0.1, 0.15) is 6.61 Å². The summed E-state index contributed by atoms with van der Waals surface area (Å²) in [5.41, 5.74) is -0.614. The summed E-state index contributed by atoms with van der Waals surface area (Å²) in [7, 11) is 1.18. The summed E-state index contributed by atoms with van der Waals surface area (Å²) in [6.45, 7) is -0.289. The second kappa shape index (κ2) is 7.21. The normalized spacial score (nSPS) is 10.8. The van der Waals surface area contributed by atoms with Crippen molar-refractivity contribution in [2.45, 2.75) is 6.54 Å². The summed E-state index contributed by atoms with van der Waals surface area (Å²) in [6.07, 6.45) is 1.82. The zero-order valence-electron chi connectivity index (χ0n) is 12.3. The van der Waals surface area contributed by atoms with Crippen molar-refractivity contribution in [1.82, 2.24) is 9.55 Å². The number of benzene rings is 1. The Kier molecular flexibility index (Phi) is 5.08. The number of rotatable bonds is 5. The second-order valence-electron chi connectivity index (χ2n) is 4.46. The summed E-state index contributed by atoms with van der Waals surface area (Å²) in [5.74, 6) is -1.47. The van der Waals surface area contributed by atoms with Crippen LogP contribution in [0.5, 0.6) is 0 Å². The van der Waals surface area contributed by atoms with Gasteiger partial charge in [0, 0.05) is 12.2 Å². The SMILES string of the molecule is COC(=O)/C=C/C(=O)OCCn1c(=O)[nH]c2ccccc2c1=O. The van der Waals surface area contributed by atoms with Gasteiger partial charge in [-0.3, -0.25) is 9.36 Å². The maximum absolute atomic E-state index is 12.2. The lowest BCUT2D eigenvalue weighted by Gasteiger charge is -2.06. The minimum Gasteiger partial charge on any atom is -0.466 e. The molecule has 0 atom stereocenters. The first-order chi connectivity index (χ1) is 11.0. The number of fused-ring (bicyclic) bond motifs is 1. The van der Waals surface area contributed by atoms with E-state index in [1.165, 1.54) is 7.11 Å². The number of esters is 2.